The highest BCUT2D eigenvalue weighted by atomic mass is 32.1. The van der Waals surface area contributed by atoms with E-state index in [4.69, 9.17) is 0 Å². The quantitative estimate of drug-likeness (QED) is 0.685. The van der Waals surface area contributed by atoms with Crippen LogP contribution >= 0.6 is 11.3 Å². The molecule has 1 N–H and O–H groups in total. The fraction of sp³-hybridized carbons (Fsp3) is 0.267. The van der Waals surface area contributed by atoms with Crippen molar-refractivity contribution < 1.29 is 9.72 Å². The van der Waals surface area contributed by atoms with Crippen LogP contribution < -0.4 is 5.32 Å². The predicted octanol–water partition coefficient (Wildman–Crippen LogP) is 3.94. The number of nitro groups is 1. The maximum absolute atomic E-state index is 12.2. The van der Waals surface area contributed by atoms with E-state index in [1.54, 1.807) is 42.3 Å². The summed E-state index contributed by atoms with van der Waals surface area (Å²) in [5, 5.41) is 15.6. The predicted molar refractivity (Wildman–Crippen MR) is 87.4 cm³/mol. The van der Waals surface area contributed by atoms with Crippen LogP contribution in [0.15, 0.2) is 29.6 Å². The average molecular weight is 319 g/mol. The van der Waals surface area contributed by atoms with E-state index >= 15 is 0 Å². The zero-order valence-corrected chi connectivity index (χ0v) is 13.4. The van der Waals surface area contributed by atoms with E-state index in [0.717, 1.165) is 10.4 Å². The topological polar surface area (TPSA) is 75.5 Å². The molecule has 0 unspecified atom stereocenters. The first-order valence-electron chi connectivity index (χ1n) is 6.69. The van der Waals surface area contributed by atoms with E-state index in [0.29, 0.717) is 17.8 Å². The molecule has 2 rings (SSSR count). The number of aryl methyl sites for hydroxylation is 1. The molecule has 0 fully saturated rings. The van der Waals surface area contributed by atoms with Gasteiger partial charge in [0.25, 0.3) is 5.69 Å². The monoisotopic (exact) mass is 319 g/mol. The lowest BCUT2D eigenvalue weighted by Gasteiger charge is -2.18. The lowest BCUT2D eigenvalue weighted by Crippen LogP contribution is -2.31. The van der Waals surface area contributed by atoms with Crippen molar-refractivity contribution in [2.24, 2.45) is 0 Å². The second-order valence-electron chi connectivity index (χ2n) is 5.02. The van der Waals surface area contributed by atoms with Gasteiger partial charge in [0.05, 0.1) is 22.7 Å². The largest absolute Gasteiger partial charge is 0.322 e. The van der Waals surface area contributed by atoms with Crippen LogP contribution in [0, 0.1) is 24.0 Å². The molecule has 0 saturated heterocycles. The third kappa shape index (κ3) is 3.43. The Balaban J connectivity index is 2.10. The number of nitro benzene ring substituents is 1. The van der Waals surface area contributed by atoms with Crippen molar-refractivity contribution in [2.75, 3.05) is 12.4 Å². The van der Waals surface area contributed by atoms with Crippen LogP contribution in [0.25, 0.3) is 0 Å². The van der Waals surface area contributed by atoms with E-state index in [9.17, 15) is 14.9 Å². The van der Waals surface area contributed by atoms with Gasteiger partial charge in [-0.3, -0.25) is 10.1 Å². The molecule has 0 bridgehead atoms. The summed E-state index contributed by atoms with van der Waals surface area (Å²) >= 11 is 1.60. The minimum atomic E-state index is -0.455. The number of amides is 2. The van der Waals surface area contributed by atoms with Crippen molar-refractivity contribution in [1.29, 1.82) is 0 Å². The molecule has 1 heterocycles. The molecule has 0 spiro atoms. The molecule has 0 atom stereocenters. The molecule has 116 valence electrons. The Bertz CT molecular complexity index is 712. The molecule has 0 saturated carbocycles. The Morgan fingerprint density at radius 1 is 1.36 bits per heavy atom. The number of hydrogen-bond donors (Lipinski definition) is 1. The summed E-state index contributed by atoms with van der Waals surface area (Å²) in [6.45, 7) is 4.13. The molecule has 2 aromatic rings. The molecule has 0 radical (unpaired) electrons. The van der Waals surface area contributed by atoms with Crippen LogP contribution in [0.3, 0.4) is 0 Å². The van der Waals surface area contributed by atoms with Crippen molar-refractivity contribution in [3.8, 4) is 0 Å². The normalized spacial score (nSPS) is 10.3. The van der Waals surface area contributed by atoms with Gasteiger partial charge in [-0.25, -0.2) is 4.79 Å². The first kappa shape index (κ1) is 16.0. The maximum Gasteiger partial charge on any atom is 0.321 e. The molecule has 1 aromatic heterocycles. The first-order valence-corrected chi connectivity index (χ1v) is 7.57. The highest BCUT2D eigenvalue weighted by molar-refractivity contribution is 7.10. The lowest BCUT2D eigenvalue weighted by atomic mass is 10.1. The smallest absolute Gasteiger partial charge is 0.321 e. The number of rotatable bonds is 4. The fourth-order valence-corrected chi connectivity index (χ4v) is 2.98. The maximum atomic E-state index is 12.2. The highest BCUT2D eigenvalue weighted by Gasteiger charge is 2.17. The SMILES string of the molecule is Cc1ccsc1CN(C)C(=O)Nc1cccc([N+](=O)[O-])c1C. The number of carbonyl (C=O) groups is 1. The summed E-state index contributed by atoms with van der Waals surface area (Å²) < 4.78 is 0. The van der Waals surface area contributed by atoms with Crippen LogP contribution in [0.5, 0.6) is 0 Å². The van der Waals surface area contributed by atoms with Crippen LogP contribution in [0.1, 0.15) is 16.0 Å². The molecule has 1 aromatic carbocycles. The van der Waals surface area contributed by atoms with Gasteiger partial charge in [-0.2, -0.15) is 0 Å². The molecule has 6 nitrogen and oxygen atoms in total. The minimum Gasteiger partial charge on any atom is -0.322 e. The Kier molecular flexibility index (Phi) is 4.77. The fourth-order valence-electron chi connectivity index (χ4n) is 2.02. The molecule has 0 aliphatic carbocycles. The van der Waals surface area contributed by atoms with Gasteiger partial charge in [-0.15, -0.1) is 11.3 Å². The van der Waals surface area contributed by atoms with Crippen LogP contribution in [-0.4, -0.2) is 22.9 Å². The van der Waals surface area contributed by atoms with Crippen molar-refractivity contribution in [3.63, 3.8) is 0 Å². The van der Waals surface area contributed by atoms with Crippen molar-refractivity contribution in [3.05, 3.63) is 55.8 Å². The number of urea groups is 1. The van der Waals surface area contributed by atoms with E-state index in [2.05, 4.69) is 5.32 Å². The lowest BCUT2D eigenvalue weighted by molar-refractivity contribution is -0.385. The standard InChI is InChI=1S/C15H17N3O3S/c1-10-7-8-22-14(10)9-17(3)15(19)16-12-5-4-6-13(11(12)2)18(20)21/h4-8H,9H2,1-3H3,(H,16,19). The number of thiophene rings is 1. The molecular weight excluding hydrogens is 302 g/mol. The third-order valence-corrected chi connectivity index (χ3v) is 4.45. The molecule has 22 heavy (non-hydrogen) atoms. The van der Waals surface area contributed by atoms with Crippen LogP contribution in [-0.2, 0) is 6.54 Å². The highest BCUT2D eigenvalue weighted by Crippen LogP contribution is 2.25. The van der Waals surface area contributed by atoms with Crippen molar-refractivity contribution >= 4 is 28.7 Å². The van der Waals surface area contributed by atoms with Gasteiger partial charge in [0.15, 0.2) is 0 Å². The van der Waals surface area contributed by atoms with Gasteiger partial charge >= 0.3 is 6.03 Å². The van der Waals surface area contributed by atoms with E-state index in [1.165, 1.54) is 6.07 Å². The summed E-state index contributed by atoms with van der Waals surface area (Å²) in [6, 6.07) is 6.35. The van der Waals surface area contributed by atoms with Crippen LogP contribution in [0.4, 0.5) is 16.2 Å². The third-order valence-electron chi connectivity index (χ3n) is 3.44. The second-order valence-corrected chi connectivity index (χ2v) is 6.02. The Labute approximate surface area is 132 Å². The molecule has 7 heteroatoms. The van der Waals surface area contributed by atoms with Gasteiger partial charge in [0.1, 0.15) is 0 Å². The number of hydrogen-bond acceptors (Lipinski definition) is 4. The zero-order valence-electron chi connectivity index (χ0n) is 12.6. The van der Waals surface area contributed by atoms with E-state index < -0.39 is 4.92 Å². The van der Waals surface area contributed by atoms with Gasteiger partial charge in [-0.05, 0) is 36.9 Å². The van der Waals surface area contributed by atoms with Gasteiger partial charge < -0.3 is 10.2 Å². The van der Waals surface area contributed by atoms with E-state index in [-0.39, 0.29) is 11.7 Å². The zero-order chi connectivity index (χ0) is 16.3. The van der Waals surface area contributed by atoms with Gasteiger partial charge in [-0.1, -0.05) is 6.07 Å². The Morgan fingerprint density at radius 3 is 2.68 bits per heavy atom. The molecule has 0 aliphatic heterocycles. The average Bonchev–Trinajstić information content (AvgIpc) is 2.86. The number of nitrogens with one attached hydrogen (secondary N) is 1. The minimum absolute atomic E-state index is 0.00504. The Hall–Kier alpha value is -2.41. The summed E-state index contributed by atoms with van der Waals surface area (Å²) in [7, 11) is 1.70. The number of nitrogens with zero attached hydrogens (tertiary/aromatic N) is 2. The number of anilines is 1. The summed E-state index contributed by atoms with van der Waals surface area (Å²) in [4.78, 5) is 25.4. The Morgan fingerprint density at radius 2 is 2.09 bits per heavy atom. The molecule has 0 aliphatic rings. The first-order chi connectivity index (χ1) is 10.4. The van der Waals surface area contributed by atoms with Gasteiger partial charge in [0.2, 0.25) is 0 Å². The molecule has 2 amide bonds. The van der Waals surface area contributed by atoms with Crippen molar-refractivity contribution in [2.45, 2.75) is 20.4 Å². The molecular formula is C15H17N3O3S. The second kappa shape index (κ2) is 6.57. The van der Waals surface area contributed by atoms with Crippen molar-refractivity contribution in [1.82, 2.24) is 4.90 Å². The summed E-state index contributed by atoms with van der Waals surface area (Å²) in [5.74, 6) is 0. The van der Waals surface area contributed by atoms with Crippen LogP contribution in [0.2, 0.25) is 0 Å². The number of carbonyl (C=O) groups excluding carboxylic acids is 1. The summed E-state index contributed by atoms with van der Waals surface area (Å²) in [6.07, 6.45) is 0. The summed E-state index contributed by atoms with van der Waals surface area (Å²) in [5.41, 5.74) is 2.04. The number of benzene rings is 1. The van der Waals surface area contributed by atoms with E-state index in [1.807, 2.05) is 18.4 Å². The van der Waals surface area contributed by atoms with Gasteiger partial charge in [0, 0.05) is 18.0 Å².